The van der Waals surface area contributed by atoms with Gasteiger partial charge in [0.1, 0.15) is 11.5 Å². The van der Waals surface area contributed by atoms with Crippen molar-refractivity contribution in [2.45, 2.75) is 19.4 Å². The van der Waals surface area contributed by atoms with Crippen LogP contribution >= 0.6 is 0 Å². The first-order valence-corrected chi connectivity index (χ1v) is 8.64. The molecule has 2 atom stereocenters. The van der Waals surface area contributed by atoms with Crippen LogP contribution in [0.3, 0.4) is 0 Å². The summed E-state index contributed by atoms with van der Waals surface area (Å²) in [4.78, 5) is 24.9. The Balaban J connectivity index is 1.55. The molecule has 6 heteroatoms. The Hall–Kier alpha value is -3.02. The van der Waals surface area contributed by atoms with Crippen molar-refractivity contribution in [3.8, 4) is 11.5 Å². The third-order valence-electron chi connectivity index (χ3n) is 4.52. The van der Waals surface area contributed by atoms with Gasteiger partial charge in [-0.1, -0.05) is 30.3 Å². The number of hydrogen-bond acceptors (Lipinski definition) is 3. The lowest BCUT2D eigenvalue weighted by atomic mass is 10.1. The lowest BCUT2D eigenvalue weighted by molar-refractivity contribution is -0.141. The van der Waals surface area contributed by atoms with E-state index in [1.165, 1.54) is 0 Å². The zero-order valence-electron chi connectivity index (χ0n) is 14.6. The number of carboxylic acids is 1. The van der Waals surface area contributed by atoms with Crippen LogP contribution in [0.2, 0.25) is 0 Å². The average Bonchev–Trinajstić information content (AvgIpc) is 3.14. The molecular formula is C20H22N2O4. The van der Waals surface area contributed by atoms with Gasteiger partial charge in [0.2, 0.25) is 0 Å². The summed E-state index contributed by atoms with van der Waals surface area (Å²) < 4.78 is 5.76. The standard InChI is InChI=1S/C20H22N2O4/c1-14(21-20(25)22-12-11-16(13-22)19(23)24)15-7-9-18(10-8-15)26-17-5-3-2-4-6-17/h2-10,14,16H,11-13H2,1H3,(H,21,25)(H,23,24). The zero-order chi connectivity index (χ0) is 18.5. The quantitative estimate of drug-likeness (QED) is 0.859. The number of urea groups is 1. The number of ether oxygens (including phenoxy) is 1. The monoisotopic (exact) mass is 354 g/mol. The number of para-hydroxylation sites is 1. The summed E-state index contributed by atoms with van der Waals surface area (Å²) in [6.07, 6.45) is 0.503. The first kappa shape index (κ1) is 17.8. The van der Waals surface area contributed by atoms with Gasteiger partial charge in [-0.2, -0.15) is 0 Å². The van der Waals surface area contributed by atoms with Gasteiger partial charge >= 0.3 is 12.0 Å². The Labute approximate surface area is 152 Å². The Morgan fingerprint density at radius 3 is 2.38 bits per heavy atom. The van der Waals surface area contributed by atoms with Gasteiger partial charge in [0, 0.05) is 13.1 Å². The van der Waals surface area contributed by atoms with Gasteiger partial charge in [-0.3, -0.25) is 4.79 Å². The molecule has 2 aromatic carbocycles. The third kappa shape index (κ3) is 4.33. The summed E-state index contributed by atoms with van der Waals surface area (Å²) in [6, 6.07) is 16.7. The maximum atomic E-state index is 12.3. The second kappa shape index (κ2) is 7.91. The van der Waals surface area contributed by atoms with Crippen molar-refractivity contribution in [1.29, 1.82) is 0 Å². The Morgan fingerprint density at radius 1 is 1.12 bits per heavy atom. The van der Waals surface area contributed by atoms with Crippen molar-refractivity contribution in [3.05, 3.63) is 60.2 Å². The predicted molar refractivity (Wildman–Crippen MR) is 97.2 cm³/mol. The molecule has 6 nitrogen and oxygen atoms in total. The molecule has 0 bridgehead atoms. The van der Waals surface area contributed by atoms with Crippen LogP contribution in [0.5, 0.6) is 11.5 Å². The number of nitrogens with one attached hydrogen (secondary N) is 1. The number of carboxylic acid groups (broad SMARTS) is 1. The van der Waals surface area contributed by atoms with Gasteiger partial charge in [-0.15, -0.1) is 0 Å². The van der Waals surface area contributed by atoms with E-state index >= 15 is 0 Å². The Kier molecular flexibility index (Phi) is 5.41. The fourth-order valence-corrected chi connectivity index (χ4v) is 2.96. The maximum Gasteiger partial charge on any atom is 0.317 e. The van der Waals surface area contributed by atoms with Gasteiger partial charge in [0.05, 0.1) is 12.0 Å². The molecule has 1 aliphatic rings. The van der Waals surface area contributed by atoms with E-state index < -0.39 is 11.9 Å². The van der Waals surface area contributed by atoms with Crippen LogP contribution in [-0.4, -0.2) is 35.1 Å². The molecule has 26 heavy (non-hydrogen) atoms. The van der Waals surface area contributed by atoms with Gasteiger partial charge in [0.25, 0.3) is 0 Å². The van der Waals surface area contributed by atoms with Crippen LogP contribution in [0.4, 0.5) is 4.79 Å². The molecule has 2 aromatic rings. The van der Waals surface area contributed by atoms with Crippen molar-refractivity contribution in [3.63, 3.8) is 0 Å². The molecule has 2 unspecified atom stereocenters. The van der Waals surface area contributed by atoms with Crippen molar-refractivity contribution < 1.29 is 19.4 Å². The topological polar surface area (TPSA) is 78.9 Å². The molecule has 3 rings (SSSR count). The van der Waals surface area contributed by atoms with Crippen molar-refractivity contribution >= 4 is 12.0 Å². The molecule has 0 spiro atoms. The Morgan fingerprint density at radius 2 is 1.77 bits per heavy atom. The van der Waals surface area contributed by atoms with Crippen LogP contribution in [-0.2, 0) is 4.79 Å². The molecule has 1 fully saturated rings. The van der Waals surface area contributed by atoms with Gasteiger partial charge < -0.3 is 20.1 Å². The number of hydrogen-bond donors (Lipinski definition) is 2. The van der Waals surface area contributed by atoms with E-state index in [0.29, 0.717) is 13.0 Å². The molecule has 1 heterocycles. The van der Waals surface area contributed by atoms with Crippen LogP contribution in [0.25, 0.3) is 0 Å². The Bertz CT molecular complexity index is 761. The first-order valence-electron chi connectivity index (χ1n) is 8.64. The summed E-state index contributed by atoms with van der Waals surface area (Å²) in [5, 5.41) is 12.0. The average molecular weight is 354 g/mol. The smallest absolute Gasteiger partial charge is 0.317 e. The van der Waals surface area contributed by atoms with Crippen LogP contribution < -0.4 is 10.1 Å². The molecule has 1 aliphatic heterocycles. The summed E-state index contributed by atoms with van der Waals surface area (Å²) >= 11 is 0. The maximum absolute atomic E-state index is 12.3. The molecule has 0 aromatic heterocycles. The van der Waals surface area contributed by atoms with Crippen molar-refractivity contribution in [2.75, 3.05) is 13.1 Å². The predicted octanol–water partition coefficient (Wildman–Crippen LogP) is 3.66. The highest BCUT2D eigenvalue weighted by molar-refractivity contribution is 5.77. The number of aliphatic carboxylic acids is 1. The molecule has 0 radical (unpaired) electrons. The van der Waals surface area contributed by atoms with Crippen LogP contribution in [0, 0.1) is 5.92 Å². The van der Waals surface area contributed by atoms with E-state index in [1.54, 1.807) is 4.90 Å². The number of rotatable bonds is 5. The molecule has 0 aliphatic carbocycles. The third-order valence-corrected chi connectivity index (χ3v) is 4.52. The number of carbonyl (C=O) groups excluding carboxylic acids is 1. The highest BCUT2D eigenvalue weighted by Gasteiger charge is 2.31. The van der Waals surface area contributed by atoms with E-state index in [-0.39, 0.29) is 18.6 Å². The molecule has 136 valence electrons. The number of nitrogens with zero attached hydrogens (tertiary/aromatic N) is 1. The van der Waals surface area contributed by atoms with Gasteiger partial charge in [-0.25, -0.2) is 4.79 Å². The number of likely N-dealkylation sites (tertiary alicyclic amines) is 1. The number of benzene rings is 2. The molecule has 1 saturated heterocycles. The van der Waals surface area contributed by atoms with Crippen molar-refractivity contribution in [2.24, 2.45) is 5.92 Å². The second-order valence-corrected chi connectivity index (χ2v) is 6.43. The highest BCUT2D eigenvalue weighted by Crippen LogP contribution is 2.23. The minimum atomic E-state index is -0.845. The van der Waals surface area contributed by atoms with E-state index in [2.05, 4.69) is 5.32 Å². The van der Waals surface area contributed by atoms with Gasteiger partial charge in [0.15, 0.2) is 0 Å². The van der Waals surface area contributed by atoms with E-state index in [1.807, 2.05) is 61.5 Å². The minimum Gasteiger partial charge on any atom is -0.481 e. The number of amides is 2. The normalized spacial score (nSPS) is 17.6. The fourth-order valence-electron chi connectivity index (χ4n) is 2.96. The largest absolute Gasteiger partial charge is 0.481 e. The molecule has 2 N–H and O–H groups in total. The van der Waals surface area contributed by atoms with Crippen molar-refractivity contribution in [1.82, 2.24) is 10.2 Å². The number of carbonyl (C=O) groups is 2. The summed E-state index contributed by atoms with van der Waals surface area (Å²) in [7, 11) is 0. The van der Waals surface area contributed by atoms with E-state index in [0.717, 1.165) is 17.1 Å². The van der Waals surface area contributed by atoms with Crippen LogP contribution in [0.15, 0.2) is 54.6 Å². The lowest BCUT2D eigenvalue weighted by Gasteiger charge is -2.21. The van der Waals surface area contributed by atoms with Gasteiger partial charge in [-0.05, 0) is 43.2 Å². The molecule has 0 saturated carbocycles. The highest BCUT2D eigenvalue weighted by atomic mass is 16.5. The molecule has 2 amide bonds. The lowest BCUT2D eigenvalue weighted by Crippen LogP contribution is -2.40. The molecular weight excluding hydrogens is 332 g/mol. The fraction of sp³-hybridized carbons (Fsp3) is 0.300. The summed E-state index contributed by atoms with van der Waals surface area (Å²) in [5.41, 5.74) is 0.952. The summed E-state index contributed by atoms with van der Waals surface area (Å²) in [6.45, 7) is 2.63. The van der Waals surface area contributed by atoms with Crippen LogP contribution in [0.1, 0.15) is 24.9 Å². The first-order chi connectivity index (χ1) is 12.5. The van der Waals surface area contributed by atoms with E-state index in [9.17, 15) is 9.59 Å². The van der Waals surface area contributed by atoms with E-state index in [4.69, 9.17) is 9.84 Å². The minimum absolute atomic E-state index is 0.183. The SMILES string of the molecule is CC(NC(=O)N1CCC(C(=O)O)C1)c1ccc(Oc2ccccc2)cc1. The second-order valence-electron chi connectivity index (χ2n) is 6.43. The summed E-state index contributed by atoms with van der Waals surface area (Å²) in [5.74, 6) is 0.179. The zero-order valence-corrected chi connectivity index (χ0v) is 14.6.